The molecule has 0 bridgehead atoms. The van der Waals surface area contributed by atoms with Gasteiger partial charge in [-0.05, 0) is 76.0 Å². The van der Waals surface area contributed by atoms with Crippen molar-refractivity contribution in [3.8, 4) is 0 Å². The molecule has 1 heterocycles. The molecule has 0 spiro atoms. The van der Waals surface area contributed by atoms with Crippen molar-refractivity contribution in [3.05, 3.63) is 33.0 Å². The highest BCUT2D eigenvalue weighted by Gasteiger charge is 2.22. The van der Waals surface area contributed by atoms with Gasteiger partial charge < -0.3 is 5.32 Å². The maximum atomic E-state index is 3.81. The van der Waals surface area contributed by atoms with E-state index in [1.54, 1.807) is 20.9 Å². The number of hydrogen-bond donors (Lipinski definition) is 1. The molecule has 0 aliphatic heterocycles. The van der Waals surface area contributed by atoms with Crippen molar-refractivity contribution in [2.45, 2.75) is 70.8 Å². The summed E-state index contributed by atoms with van der Waals surface area (Å²) in [7, 11) is 0. The highest BCUT2D eigenvalue weighted by Crippen LogP contribution is 2.37. The van der Waals surface area contributed by atoms with Crippen LogP contribution in [0.15, 0.2) is 17.7 Å². The van der Waals surface area contributed by atoms with E-state index in [0.717, 1.165) is 6.54 Å². The van der Waals surface area contributed by atoms with Gasteiger partial charge in [0.25, 0.3) is 0 Å². The Morgan fingerprint density at radius 1 is 1.15 bits per heavy atom. The molecule has 2 heteroatoms. The Labute approximate surface area is 127 Å². The van der Waals surface area contributed by atoms with E-state index in [2.05, 4.69) is 35.7 Å². The van der Waals surface area contributed by atoms with Gasteiger partial charge in [0.2, 0.25) is 0 Å². The molecule has 1 aromatic heterocycles. The highest BCUT2D eigenvalue weighted by atomic mass is 32.1. The maximum Gasteiger partial charge on any atom is 0.0630 e. The minimum atomic E-state index is 0.505. The van der Waals surface area contributed by atoms with Crippen molar-refractivity contribution in [3.63, 3.8) is 0 Å². The number of hydrogen-bond acceptors (Lipinski definition) is 2. The SMILES string of the molecule is CCCNC(C1=CCCCC1)c1cc2c(s1)CCCC2. The number of rotatable bonds is 5. The van der Waals surface area contributed by atoms with Crippen molar-refractivity contribution < 1.29 is 0 Å². The van der Waals surface area contributed by atoms with Crippen molar-refractivity contribution in [2.75, 3.05) is 6.54 Å². The van der Waals surface area contributed by atoms with E-state index >= 15 is 0 Å². The number of aryl methyl sites for hydroxylation is 2. The predicted molar refractivity (Wildman–Crippen MR) is 88.5 cm³/mol. The lowest BCUT2D eigenvalue weighted by Crippen LogP contribution is -2.24. The largest absolute Gasteiger partial charge is 0.306 e. The molecule has 1 atom stereocenters. The molecule has 1 aromatic rings. The van der Waals surface area contributed by atoms with Crippen LogP contribution in [0, 0.1) is 0 Å². The molecule has 0 aromatic carbocycles. The first-order valence-electron chi connectivity index (χ1n) is 8.42. The summed E-state index contributed by atoms with van der Waals surface area (Å²) in [4.78, 5) is 3.25. The zero-order chi connectivity index (χ0) is 13.8. The van der Waals surface area contributed by atoms with E-state index < -0.39 is 0 Å². The van der Waals surface area contributed by atoms with Crippen LogP contribution in [0.4, 0.5) is 0 Å². The van der Waals surface area contributed by atoms with E-state index in [1.807, 2.05) is 0 Å². The maximum absolute atomic E-state index is 3.81. The quantitative estimate of drug-likeness (QED) is 0.738. The molecule has 1 unspecified atom stereocenters. The van der Waals surface area contributed by atoms with Crippen LogP contribution < -0.4 is 5.32 Å². The summed E-state index contributed by atoms with van der Waals surface area (Å²) < 4.78 is 0. The molecule has 0 saturated heterocycles. The lowest BCUT2D eigenvalue weighted by molar-refractivity contribution is 0.552. The topological polar surface area (TPSA) is 12.0 Å². The Morgan fingerprint density at radius 2 is 2.00 bits per heavy atom. The average molecular weight is 289 g/mol. The van der Waals surface area contributed by atoms with Crippen molar-refractivity contribution >= 4 is 11.3 Å². The zero-order valence-corrected chi connectivity index (χ0v) is 13.5. The Bertz CT molecular complexity index is 448. The van der Waals surface area contributed by atoms with Gasteiger partial charge in [0.1, 0.15) is 0 Å². The highest BCUT2D eigenvalue weighted by molar-refractivity contribution is 7.12. The molecular formula is C18H27NS. The Morgan fingerprint density at radius 3 is 2.75 bits per heavy atom. The molecule has 1 nitrogen and oxygen atoms in total. The fraction of sp³-hybridized carbons (Fsp3) is 0.667. The molecule has 0 saturated carbocycles. The molecule has 3 rings (SSSR count). The molecule has 2 aliphatic carbocycles. The lowest BCUT2D eigenvalue weighted by atomic mass is 9.92. The van der Waals surface area contributed by atoms with Crippen LogP contribution in [0.3, 0.4) is 0 Å². The molecule has 2 aliphatic rings. The molecule has 20 heavy (non-hydrogen) atoms. The van der Waals surface area contributed by atoms with Gasteiger partial charge in [0, 0.05) is 9.75 Å². The predicted octanol–water partition coefficient (Wildman–Crippen LogP) is 5.17. The fourth-order valence-electron chi connectivity index (χ4n) is 3.48. The van der Waals surface area contributed by atoms with Gasteiger partial charge in [-0.25, -0.2) is 0 Å². The fourth-order valence-corrected chi connectivity index (χ4v) is 4.86. The van der Waals surface area contributed by atoms with Crippen molar-refractivity contribution in [1.82, 2.24) is 5.32 Å². The second kappa shape index (κ2) is 6.91. The van der Waals surface area contributed by atoms with E-state index in [0.29, 0.717) is 6.04 Å². The first kappa shape index (κ1) is 14.3. The molecule has 0 amide bonds. The number of fused-ring (bicyclic) bond motifs is 1. The summed E-state index contributed by atoms with van der Waals surface area (Å²) in [6.07, 6.45) is 14.5. The summed E-state index contributed by atoms with van der Waals surface area (Å²) in [5.74, 6) is 0. The monoisotopic (exact) mass is 289 g/mol. The standard InChI is InChI=1S/C18H27NS/c1-2-12-19-18(14-8-4-3-5-9-14)17-13-15-10-6-7-11-16(15)20-17/h8,13,18-19H,2-7,9-12H2,1H3. The van der Waals surface area contributed by atoms with Gasteiger partial charge in [-0.1, -0.05) is 18.6 Å². The van der Waals surface area contributed by atoms with Crippen LogP contribution >= 0.6 is 11.3 Å². The minimum absolute atomic E-state index is 0.505. The molecule has 0 fully saturated rings. The Balaban J connectivity index is 1.83. The molecular weight excluding hydrogens is 262 g/mol. The first-order chi connectivity index (χ1) is 9.88. The van der Waals surface area contributed by atoms with Crippen LogP contribution in [-0.2, 0) is 12.8 Å². The van der Waals surface area contributed by atoms with Crippen molar-refractivity contribution in [2.24, 2.45) is 0 Å². The number of nitrogens with one attached hydrogen (secondary N) is 1. The third kappa shape index (κ3) is 3.17. The Kier molecular flexibility index (Phi) is 4.95. The van der Waals surface area contributed by atoms with Gasteiger partial charge in [0.15, 0.2) is 0 Å². The van der Waals surface area contributed by atoms with E-state index in [-0.39, 0.29) is 0 Å². The van der Waals surface area contributed by atoms with Crippen LogP contribution in [0.25, 0.3) is 0 Å². The molecule has 0 radical (unpaired) electrons. The van der Waals surface area contributed by atoms with E-state index in [4.69, 9.17) is 0 Å². The minimum Gasteiger partial charge on any atom is -0.306 e. The summed E-state index contributed by atoms with van der Waals surface area (Å²) >= 11 is 2.08. The summed E-state index contributed by atoms with van der Waals surface area (Å²) in [5.41, 5.74) is 3.30. The number of thiophene rings is 1. The van der Waals surface area contributed by atoms with Gasteiger partial charge in [-0.2, -0.15) is 0 Å². The summed E-state index contributed by atoms with van der Waals surface area (Å²) in [6.45, 7) is 3.39. The van der Waals surface area contributed by atoms with Crippen LogP contribution in [0.1, 0.15) is 73.2 Å². The smallest absolute Gasteiger partial charge is 0.0630 e. The van der Waals surface area contributed by atoms with Crippen LogP contribution in [-0.4, -0.2) is 6.54 Å². The second-order valence-electron chi connectivity index (χ2n) is 6.22. The van der Waals surface area contributed by atoms with Gasteiger partial charge in [-0.3, -0.25) is 0 Å². The van der Waals surface area contributed by atoms with Gasteiger partial charge >= 0.3 is 0 Å². The van der Waals surface area contributed by atoms with Crippen molar-refractivity contribution in [1.29, 1.82) is 0 Å². The van der Waals surface area contributed by atoms with Gasteiger partial charge in [0.05, 0.1) is 6.04 Å². The van der Waals surface area contributed by atoms with Crippen LogP contribution in [0.2, 0.25) is 0 Å². The Hall–Kier alpha value is -0.600. The van der Waals surface area contributed by atoms with Gasteiger partial charge in [-0.15, -0.1) is 11.3 Å². The zero-order valence-electron chi connectivity index (χ0n) is 12.7. The van der Waals surface area contributed by atoms with E-state index in [1.165, 1.54) is 57.8 Å². The second-order valence-corrected chi connectivity index (χ2v) is 7.38. The molecule has 1 N–H and O–H groups in total. The normalized spacial score (nSPS) is 20.4. The average Bonchev–Trinajstić information content (AvgIpc) is 2.92. The first-order valence-corrected chi connectivity index (χ1v) is 9.24. The summed E-state index contributed by atoms with van der Waals surface area (Å²) in [5, 5.41) is 3.81. The summed E-state index contributed by atoms with van der Waals surface area (Å²) in [6, 6.07) is 3.02. The lowest BCUT2D eigenvalue weighted by Gasteiger charge is -2.23. The third-order valence-electron chi connectivity index (χ3n) is 4.60. The third-order valence-corrected chi connectivity index (χ3v) is 5.90. The van der Waals surface area contributed by atoms with E-state index in [9.17, 15) is 0 Å². The number of allylic oxidation sites excluding steroid dienone is 1. The van der Waals surface area contributed by atoms with Crippen LogP contribution in [0.5, 0.6) is 0 Å². The molecule has 110 valence electrons.